The molecule has 1 saturated heterocycles. The summed E-state index contributed by atoms with van der Waals surface area (Å²) in [5, 5.41) is 15.2. The molecule has 1 saturated carbocycles. The standard InChI is InChI=1S/C13H21F3N2O2/c14-13(15,16)10-4-2-1-3-9(10)12(20)18-6-8-5-17-7-11(8)19/h8-11,17,19H,1-7H2,(H,18,20). The van der Waals surface area contributed by atoms with Gasteiger partial charge in [0, 0.05) is 31.5 Å². The van der Waals surface area contributed by atoms with Gasteiger partial charge in [-0.2, -0.15) is 13.2 Å². The quantitative estimate of drug-likeness (QED) is 0.729. The molecular formula is C13H21F3N2O2. The second-order valence-corrected chi connectivity index (χ2v) is 5.77. The van der Waals surface area contributed by atoms with Gasteiger partial charge in [-0.05, 0) is 12.8 Å². The van der Waals surface area contributed by atoms with Crippen LogP contribution in [0.25, 0.3) is 0 Å². The molecule has 1 aliphatic carbocycles. The fourth-order valence-electron chi connectivity index (χ4n) is 3.13. The molecule has 1 amide bonds. The van der Waals surface area contributed by atoms with Crippen LogP contribution in [0.4, 0.5) is 13.2 Å². The van der Waals surface area contributed by atoms with E-state index in [9.17, 15) is 23.1 Å². The summed E-state index contributed by atoms with van der Waals surface area (Å²) in [6.07, 6.45) is -3.33. The minimum absolute atomic E-state index is 0.0369. The number of halogens is 3. The fraction of sp³-hybridized carbons (Fsp3) is 0.923. The third-order valence-electron chi connectivity index (χ3n) is 4.37. The maximum atomic E-state index is 12.9. The summed E-state index contributed by atoms with van der Waals surface area (Å²) in [4.78, 5) is 12.0. The van der Waals surface area contributed by atoms with E-state index < -0.39 is 30.0 Å². The number of carbonyl (C=O) groups excluding carboxylic acids is 1. The van der Waals surface area contributed by atoms with Gasteiger partial charge in [-0.1, -0.05) is 12.8 Å². The van der Waals surface area contributed by atoms with Crippen LogP contribution in [0, 0.1) is 17.8 Å². The lowest BCUT2D eigenvalue weighted by Crippen LogP contribution is -2.44. The maximum absolute atomic E-state index is 12.9. The van der Waals surface area contributed by atoms with Crippen molar-refractivity contribution < 1.29 is 23.1 Å². The predicted molar refractivity (Wildman–Crippen MR) is 66.9 cm³/mol. The van der Waals surface area contributed by atoms with Gasteiger partial charge in [-0.15, -0.1) is 0 Å². The van der Waals surface area contributed by atoms with E-state index in [2.05, 4.69) is 10.6 Å². The van der Waals surface area contributed by atoms with Crippen LogP contribution in [-0.4, -0.2) is 42.9 Å². The van der Waals surface area contributed by atoms with E-state index in [4.69, 9.17) is 0 Å². The lowest BCUT2D eigenvalue weighted by atomic mass is 9.78. The zero-order chi connectivity index (χ0) is 14.8. The first-order chi connectivity index (χ1) is 9.39. The average Bonchev–Trinajstić information content (AvgIpc) is 2.80. The van der Waals surface area contributed by atoms with Crippen LogP contribution in [0.15, 0.2) is 0 Å². The van der Waals surface area contributed by atoms with E-state index in [1.165, 1.54) is 0 Å². The number of amides is 1. The predicted octanol–water partition coefficient (Wildman–Crippen LogP) is 1.05. The molecule has 1 aliphatic heterocycles. The van der Waals surface area contributed by atoms with Crippen LogP contribution < -0.4 is 10.6 Å². The number of alkyl halides is 3. The van der Waals surface area contributed by atoms with Crippen molar-refractivity contribution in [2.45, 2.75) is 38.0 Å². The molecular weight excluding hydrogens is 273 g/mol. The number of rotatable bonds is 3. The summed E-state index contributed by atoms with van der Waals surface area (Å²) >= 11 is 0. The number of hydrogen-bond acceptors (Lipinski definition) is 3. The van der Waals surface area contributed by atoms with Crippen molar-refractivity contribution in [1.82, 2.24) is 10.6 Å². The third-order valence-corrected chi connectivity index (χ3v) is 4.37. The van der Waals surface area contributed by atoms with Gasteiger partial charge in [0.25, 0.3) is 0 Å². The first-order valence-electron chi connectivity index (χ1n) is 7.13. The molecule has 4 nitrogen and oxygen atoms in total. The van der Waals surface area contributed by atoms with Crippen molar-refractivity contribution in [2.75, 3.05) is 19.6 Å². The van der Waals surface area contributed by atoms with Gasteiger partial charge >= 0.3 is 6.18 Å². The summed E-state index contributed by atoms with van der Waals surface area (Å²) in [6, 6.07) is 0. The normalized spacial score (nSPS) is 35.0. The number of carbonyl (C=O) groups is 1. The lowest BCUT2D eigenvalue weighted by molar-refractivity contribution is -0.198. The smallest absolute Gasteiger partial charge is 0.391 e. The van der Waals surface area contributed by atoms with Gasteiger partial charge in [0.2, 0.25) is 5.91 Å². The minimum Gasteiger partial charge on any atom is -0.391 e. The molecule has 0 aromatic heterocycles. The van der Waals surface area contributed by atoms with E-state index in [0.29, 0.717) is 32.4 Å². The van der Waals surface area contributed by atoms with E-state index in [0.717, 1.165) is 0 Å². The van der Waals surface area contributed by atoms with Crippen LogP contribution in [0.1, 0.15) is 25.7 Å². The highest BCUT2D eigenvalue weighted by Crippen LogP contribution is 2.41. The van der Waals surface area contributed by atoms with E-state index >= 15 is 0 Å². The van der Waals surface area contributed by atoms with Gasteiger partial charge < -0.3 is 15.7 Å². The topological polar surface area (TPSA) is 61.4 Å². The average molecular weight is 294 g/mol. The van der Waals surface area contributed by atoms with Gasteiger partial charge in [-0.3, -0.25) is 4.79 Å². The van der Waals surface area contributed by atoms with E-state index in [-0.39, 0.29) is 18.9 Å². The SMILES string of the molecule is O=C(NCC1CNCC1O)C1CCCCC1C(F)(F)F. The molecule has 0 aromatic rings. The number of β-amino-alcohol motifs (C(OH)–C–C–N with tert-alkyl or cyclic N) is 1. The summed E-state index contributed by atoms with van der Waals surface area (Å²) in [7, 11) is 0. The highest BCUT2D eigenvalue weighted by Gasteiger charge is 2.48. The number of hydrogen-bond donors (Lipinski definition) is 3. The monoisotopic (exact) mass is 294 g/mol. The molecule has 7 heteroatoms. The first-order valence-corrected chi connectivity index (χ1v) is 7.13. The minimum atomic E-state index is -4.31. The van der Waals surface area contributed by atoms with Crippen molar-refractivity contribution in [3.63, 3.8) is 0 Å². The summed E-state index contributed by atoms with van der Waals surface area (Å²) in [6.45, 7) is 1.28. The second-order valence-electron chi connectivity index (χ2n) is 5.77. The van der Waals surface area contributed by atoms with Crippen molar-refractivity contribution in [3.8, 4) is 0 Å². The number of nitrogens with one attached hydrogen (secondary N) is 2. The van der Waals surface area contributed by atoms with Gasteiger partial charge in [0.1, 0.15) is 0 Å². The Morgan fingerprint density at radius 1 is 1.25 bits per heavy atom. The Labute approximate surface area is 116 Å². The van der Waals surface area contributed by atoms with Crippen molar-refractivity contribution in [1.29, 1.82) is 0 Å². The van der Waals surface area contributed by atoms with Crippen LogP contribution in [0.5, 0.6) is 0 Å². The Bertz CT molecular complexity index is 349. The molecule has 3 N–H and O–H groups in total. The molecule has 0 bridgehead atoms. The molecule has 20 heavy (non-hydrogen) atoms. The maximum Gasteiger partial charge on any atom is 0.392 e. The molecule has 2 rings (SSSR count). The van der Waals surface area contributed by atoms with Crippen LogP contribution >= 0.6 is 0 Å². The van der Waals surface area contributed by atoms with E-state index in [1.54, 1.807) is 0 Å². The molecule has 0 radical (unpaired) electrons. The van der Waals surface area contributed by atoms with E-state index in [1.807, 2.05) is 0 Å². The van der Waals surface area contributed by atoms with Crippen LogP contribution in [0.3, 0.4) is 0 Å². The highest BCUT2D eigenvalue weighted by molar-refractivity contribution is 5.79. The summed E-state index contributed by atoms with van der Waals surface area (Å²) in [5.74, 6) is -3.14. The van der Waals surface area contributed by atoms with Crippen LogP contribution in [-0.2, 0) is 4.79 Å². The van der Waals surface area contributed by atoms with Crippen molar-refractivity contribution in [3.05, 3.63) is 0 Å². The highest BCUT2D eigenvalue weighted by atomic mass is 19.4. The molecule has 4 atom stereocenters. The number of aliphatic hydroxyl groups excluding tert-OH is 1. The zero-order valence-electron chi connectivity index (χ0n) is 11.2. The largest absolute Gasteiger partial charge is 0.392 e. The molecule has 2 aliphatic rings. The molecule has 0 spiro atoms. The van der Waals surface area contributed by atoms with Crippen molar-refractivity contribution >= 4 is 5.91 Å². The summed E-state index contributed by atoms with van der Waals surface area (Å²) < 4.78 is 38.8. The Hall–Kier alpha value is -0.820. The Balaban J connectivity index is 1.89. The fourth-order valence-corrected chi connectivity index (χ4v) is 3.13. The first kappa shape index (κ1) is 15.6. The Morgan fingerprint density at radius 3 is 2.55 bits per heavy atom. The van der Waals surface area contributed by atoms with Gasteiger partial charge in [0.05, 0.1) is 12.0 Å². The van der Waals surface area contributed by atoms with Crippen molar-refractivity contribution in [2.24, 2.45) is 17.8 Å². The number of aliphatic hydroxyl groups is 1. The lowest BCUT2D eigenvalue weighted by Gasteiger charge is -2.32. The summed E-state index contributed by atoms with van der Waals surface area (Å²) in [5.41, 5.74) is 0. The molecule has 2 fully saturated rings. The zero-order valence-corrected chi connectivity index (χ0v) is 11.2. The molecule has 116 valence electrons. The van der Waals surface area contributed by atoms with Gasteiger partial charge in [-0.25, -0.2) is 0 Å². The van der Waals surface area contributed by atoms with Gasteiger partial charge in [0.15, 0.2) is 0 Å². The third kappa shape index (κ3) is 3.63. The molecule has 0 aromatic carbocycles. The second kappa shape index (κ2) is 6.30. The Morgan fingerprint density at radius 2 is 1.95 bits per heavy atom. The molecule has 1 heterocycles. The Kier molecular flexibility index (Phi) is 4.90. The van der Waals surface area contributed by atoms with Crippen LogP contribution in [0.2, 0.25) is 0 Å². The molecule has 4 unspecified atom stereocenters.